The van der Waals surface area contributed by atoms with Crippen LogP contribution in [0.3, 0.4) is 0 Å². The van der Waals surface area contributed by atoms with Gasteiger partial charge in [0.15, 0.2) is 0 Å². The number of carboxylic acid groups (broad SMARTS) is 1. The molecule has 0 radical (unpaired) electrons. The highest BCUT2D eigenvalue weighted by molar-refractivity contribution is 9.10. The minimum atomic E-state index is -0.682. The summed E-state index contributed by atoms with van der Waals surface area (Å²) < 4.78 is 1.06. The number of hydrogen-bond acceptors (Lipinski definition) is 4. The number of carboxylic acids is 1. The van der Waals surface area contributed by atoms with E-state index in [1.165, 1.54) is 0 Å². The Morgan fingerprint density at radius 3 is 2.91 bits per heavy atom. The van der Waals surface area contributed by atoms with Crippen molar-refractivity contribution in [2.75, 3.05) is 13.1 Å². The first kappa shape index (κ1) is 15.6. The van der Waals surface area contributed by atoms with Crippen LogP contribution in [0.1, 0.15) is 18.5 Å². The number of likely N-dealkylation sites (tertiary alicyclic amines) is 1. The Hall–Kier alpha value is -1.24. The molecule has 1 aliphatic rings. The van der Waals surface area contributed by atoms with Crippen LogP contribution in [0.25, 0.3) is 10.6 Å². The van der Waals surface area contributed by atoms with Gasteiger partial charge in [-0.3, -0.25) is 9.69 Å². The van der Waals surface area contributed by atoms with Crippen LogP contribution in [-0.2, 0) is 11.3 Å². The summed E-state index contributed by atoms with van der Waals surface area (Å²) >= 11 is 5.07. The van der Waals surface area contributed by atoms with Gasteiger partial charge in [-0.05, 0) is 31.5 Å². The number of thiazole rings is 1. The molecule has 116 valence electrons. The van der Waals surface area contributed by atoms with Crippen molar-refractivity contribution in [3.63, 3.8) is 0 Å². The van der Waals surface area contributed by atoms with Crippen molar-refractivity contribution in [3.05, 3.63) is 39.8 Å². The van der Waals surface area contributed by atoms with E-state index in [1.807, 2.05) is 24.3 Å². The molecular weight excluding hydrogens is 364 g/mol. The van der Waals surface area contributed by atoms with Gasteiger partial charge in [-0.2, -0.15) is 0 Å². The third-order valence-corrected chi connectivity index (χ3v) is 5.35. The summed E-state index contributed by atoms with van der Waals surface area (Å²) in [5, 5.41) is 12.2. The lowest BCUT2D eigenvalue weighted by molar-refractivity contribution is -0.143. The number of carbonyl (C=O) groups is 1. The third kappa shape index (κ3) is 3.74. The van der Waals surface area contributed by atoms with Crippen LogP contribution in [0.5, 0.6) is 0 Å². The fourth-order valence-electron chi connectivity index (χ4n) is 2.73. The van der Waals surface area contributed by atoms with Gasteiger partial charge in [-0.1, -0.05) is 28.1 Å². The van der Waals surface area contributed by atoms with Gasteiger partial charge in [0.1, 0.15) is 5.01 Å². The number of piperidine rings is 1. The topological polar surface area (TPSA) is 53.4 Å². The molecule has 6 heteroatoms. The molecule has 3 rings (SSSR count). The van der Waals surface area contributed by atoms with Crippen LogP contribution in [0.15, 0.2) is 34.1 Å². The fraction of sp³-hybridized carbons (Fsp3) is 0.375. The van der Waals surface area contributed by atoms with Crippen molar-refractivity contribution < 1.29 is 9.90 Å². The zero-order valence-corrected chi connectivity index (χ0v) is 14.4. The molecule has 1 N–H and O–H groups in total. The highest BCUT2D eigenvalue weighted by atomic mass is 79.9. The number of halogens is 1. The van der Waals surface area contributed by atoms with E-state index >= 15 is 0 Å². The Kier molecular flexibility index (Phi) is 4.90. The van der Waals surface area contributed by atoms with Gasteiger partial charge in [0.25, 0.3) is 0 Å². The number of aliphatic carboxylic acids is 1. The highest BCUT2D eigenvalue weighted by Gasteiger charge is 2.25. The largest absolute Gasteiger partial charge is 0.481 e. The van der Waals surface area contributed by atoms with E-state index in [4.69, 9.17) is 5.11 Å². The number of benzene rings is 1. The van der Waals surface area contributed by atoms with E-state index < -0.39 is 5.97 Å². The maximum absolute atomic E-state index is 11.1. The van der Waals surface area contributed by atoms with Gasteiger partial charge in [0.05, 0.1) is 11.6 Å². The van der Waals surface area contributed by atoms with Crippen molar-refractivity contribution in [2.24, 2.45) is 5.92 Å². The molecule has 0 bridgehead atoms. The van der Waals surface area contributed by atoms with Crippen molar-refractivity contribution in [3.8, 4) is 10.6 Å². The van der Waals surface area contributed by atoms with Crippen molar-refractivity contribution in [2.45, 2.75) is 19.4 Å². The second kappa shape index (κ2) is 6.89. The maximum atomic E-state index is 11.1. The van der Waals surface area contributed by atoms with E-state index in [-0.39, 0.29) is 5.92 Å². The van der Waals surface area contributed by atoms with Gasteiger partial charge in [0.2, 0.25) is 0 Å². The molecule has 2 heterocycles. The second-order valence-corrected chi connectivity index (χ2v) is 7.34. The minimum absolute atomic E-state index is 0.238. The maximum Gasteiger partial charge on any atom is 0.307 e. The SMILES string of the molecule is O=C(O)C1CCCN(Cc2csc(-c3ccc(Br)cc3)n2)C1. The predicted octanol–water partition coefficient (Wildman–Crippen LogP) is 3.87. The molecule has 1 aromatic carbocycles. The zero-order chi connectivity index (χ0) is 15.5. The van der Waals surface area contributed by atoms with Crippen LogP contribution in [-0.4, -0.2) is 34.0 Å². The summed E-state index contributed by atoms with van der Waals surface area (Å²) in [4.78, 5) is 18.0. The van der Waals surface area contributed by atoms with Crippen LogP contribution >= 0.6 is 27.3 Å². The standard InChI is InChI=1S/C16H17BrN2O2S/c17-13-5-3-11(4-6-13)15-18-14(10-22-15)9-19-7-1-2-12(8-19)16(20)21/h3-6,10,12H,1-2,7-9H2,(H,20,21). The summed E-state index contributed by atoms with van der Waals surface area (Å²) in [5.74, 6) is -0.920. The molecule has 22 heavy (non-hydrogen) atoms. The quantitative estimate of drug-likeness (QED) is 0.874. The number of aromatic nitrogens is 1. The number of rotatable bonds is 4. The average molecular weight is 381 g/mol. The Labute approximate surface area is 141 Å². The first-order valence-corrected chi connectivity index (χ1v) is 8.94. The summed E-state index contributed by atoms with van der Waals surface area (Å²) in [6.07, 6.45) is 1.73. The normalized spacial score (nSPS) is 19.2. The van der Waals surface area contributed by atoms with Crippen molar-refractivity contribution >= 4 is 33.2 Å². The monoisotopic (exact) mass is 380 g/mol. The molecule has 0 saturated carbocycles. The molecule has 1 aliphatic heterocycles. The van der Waals surface area contributed by atoms with Gasteiger partial charge in [-0.25, -0.2) is 4.98 Å². The lowest BCUT2D eigenvalue weighted by Gasteiger charge is -2.29. The van der Waals surface area contributed by atoms with E-state index in [1.54, 1.807) is 11.3 Å². The van der Waals surface area contributed by atoms with Crippen LogP contribution in [0.4, 0.5) is 0 Å². The molecule has 2 aromatic rings. The number of hydrogen-bond donors (Lipinski definition) is 1. The van der Waals surface area contributed by atoms with Crippen molar-refractivity contribution in [1.29, 1.82) is 0 Å². The first-order chi connectivity index (χ1) is 10.6. The van der Waals surface area contributed by atoms with Crippen LogP contribution in [0.2, 0.25) is 0 Å². The molecule has 1 saturated heterocycles. The Balaban J connectivity index is 1.66. The Bertz CT molecular complexity index is 656. The molecule has 0 amide bonds. The highest BCUT2D eigenvalue weighted by Crippen LogP contribution is 2.26. The molecule has 1 aromatic heterocycles. The van der Waals surface area contributed by atoms with Crippen LogP contribution in [0, 0.1) is 5.92 Å². The van der Waals surface area contributed by atoms with Crippen molar-refractivity contribution in [1.82, 2.24) is 9.88 Å². The molecule has 4 nitrogen and oxygen atoms in total. The molecule has 1 unspecified atom stereocenters. The number of nitrogens with zero attached hydrogens (tertiary/aromatic N) is 2. The molecule has 0 aliphatic carbocycles. The van der Waals surface area contributed by atoms with Gasteiger partial charge in [-0.15, -0.1) is 11.3 Å². The smallest absolute Gasteiger partial charge is 0.307 e. The minimum Gasteiger partial charge on any atom is -0.481 e. The van der Waals surface area contributed by atoms with Crippen LogP contribution < -0.4 is 0 Å². The lowest BCUT2D eigenvalue weighted by atomic mass is 9.98. The summed E-state index contributed by atoms with van der Waals surface area (Å²) in [6.45, 7) is 2.31. The summed E-state index contributed by atoms with van der Waals surface area (Å²) in [7, 11) is 0. The van der Waals surface area contributed by atoms with E-state index in [0.717, 1.165) is 46.7 Å². The Morgan fingerprint density at radius 2 is 2.18 bits per heavy atom. The van der Waals surface area contributed by atoms with Gasteiger partial charge < -0.3 is 5.11 Å². The summed E-state index contributed by atoms with van der Waals surface area (Å²) in [6, 6.07) is 8.12. The van der Waals surface area contributed by atoms with Gasteiger partial charge in [0, 0.05) is 28.5 Å². The third-order valence-electron chi connectivity index (χ3n) is 3.88. The van der Waals surface area contributed by atoms with E-state index in [9.17, 15) is 4.79 Å². The second-order valence-electron chi connectivity index (χ2n) is 5.56. The fourth-order valence-corrected chi connectivity index (χ4v) is 3.82. The average Bonchev–Trinajstić information content (AvgIpc) is 2.96. The van der Waals surface area contributed by atoms with E-state index in [2.05, 4.69) is 31.2 Å². The lowest BCUT2D eigenvalue weighted by Crippen LogP contribution is -2.38. The first-order valence-electron chi connectivity index (χ1n) is 7.27. The molecule has 1 atom stereocenters. The van der Waals surface area contributed by atoms with E-state index in [0.29, 0.717) is 6.54 Å². The molecule has 1 fully saturated rings. The zero-order valence-electron chi connectivity index (χ0n) is 12.0. The predicted molar refractivity (Wildman–Crippen MR) is 90.9 cm³/mol. The van der Waals surface area contributed by atoms with Gasteiger partial charge >= 0.3 is 5.97 Å². The molecular formula is C16H17BrN2O2S. The molecule has 0 spiro atoms. The Morgan fingerprint density at radius 1 is 1.41 bits per heavy atom. The summed E-state index contributed by atoms with van der Waals surface area (Å²) in [5.41, 5.74) is 2.13.